The Labute approximate surface area is 149 Å². The Morgan fingerprint density at radius 1 is 1.04 bits per heavy atom. The minimum atomic E-state index is -0.395. The summed E-state index contributed by atoms with van der Waals surface area (Å²) in [7, 11) is 0. The van der Waals surface area contributed by atoms with Crippen LogP contribution in [-0.2, 0) is 0 Å². The van der Waals surface area contributed by atoms with Crippen LogP contribution in [-0.4, -0.2) is 15.3 Å². The second-order valence-corrected chi connectivity index (χ2v) is 5.80. The largest absolute Gasteiger partial charge is 0.337 e. The molecule has 3 nitrogen and oxygen atoms in total. The van der Waals surface area contributed by atoms with E-state index < -0.39 is 5.82 Å². The number of thiocarbonyl (C=S) groups is 1. The Bertz CT molecular complexity index is 957. The van der Waals surface area contributed by atoms with E-state index >= 15 is 0 Å². The fourth-order valence-electron chi connectivity index (χ4n) is 2.58. The number of nitrogens with zero attached hydrogens (tertiary/aromatic N) is 2. The van der Waals surface area contributed by atoms with Crippen molar-refractivity contribution in [3.63, 3.8) is 0 Å². The number of anilines is 2. The average Bonchev–Trinajstić information content (AvgIpc) is 2.56. The van der Waals surface area contributed by atoms with Crippen molar-refractivity contribution in [2.45, 2.75) is 13.8 Å². The molecule has 1 heterocycles. The summed E-state index contributed by atoms with van der Waals surface area (Å²) in [5.41, 5.74) is 2.91. The second-order valence-electron chi connectivity index (χ2n) is 5.56. The van der Waals surface area contributed by atoms with Gasteiger partial charge in [-0.15, -0.1) is 0 Å². The van der Waals surface area contributed by atoms with Crippen molar-refractivity contribution in [3.05, 3.63) is 71.1 Å². The topological polar surface area (TPSA) is 37.8 Å². The minimum absolute atomic E-state index is 0.292. The lowest BCUT2D eigenvalue weighted by Gasteiger charge is -2.15. The molecule has 0 aliphatic heterocycles. The van der Waals surface area contributed by atoms with Crippen molar-refractivity contribution in [1.82, 2.24) is 9.97 Å². The molecule has 0 fully saturated rings. The summed E-state index contributed by atoms with van der Waals surface area (Å²) >= 11 is 5.14. The number of benzene rings is 2. The van der Waals surface area contributed by atoms with Gasteiger partial charge in [0.1, 0.15) is 23.3 Å². The highest BCUT2D eigenvalue weighted by atomic mass is 32.1. The van der Waals surface area contributed by atoms with Crippen LogP contribution in [0.15, 0.2) is 42.5 Å². The molecule has 1 aromatic heterocycles. The van der Waals surface area contributed by atoms with Gasteiger partial charge in [-0.1, -0.05) is 24.4 Å². The van der Waals surface area contributed by atoms with E-state index in [1.165, 1.54) is 23.6 Å². The summed E-state index contributed by atoms with van der Waals surface area (Å²) in [5, 5.41) is 4.42. The lowest BCUT2D eigenvalue weighted by molar-refractivity contribution is 0.627. The highest BCUT2D eigenvalue weighted by molar-refractivity contribution is 7.79. The molecule has 3 rings (SSSR count). The van der Waals surface area contributed by atoms with Crippen LogP contribution in [0.2, 0.25) is 0 Å². The zero-order chi connectivity index (χ0) is 18.0. The van der Waals surface area contributed by atoms with E-state index in [9.17, 15) is 8.78 Å². The molecule has 6 heteroatoms. The van der Waals surface area contributed by atoms with E-state index in [2.05, 4.69) is 15.3 Å². The molecule has 0 atom stereocenters. The molecule has 126 valence electrons. The van der Waals surface area contributed by atoms with Gasteiger partial charge in [0.2, 0.25) is 0 Å². The van der Waals surface area contributed by atoms with E-state index in [1.54, 1.807) is 38.1 Å². The number of aryl methyl sites for hydroxylation is 2. The molecule has 0 bridgehead atoms. The van der Waals surface area contributed by atoms with Crippen LogP contribution >= 0.6 is 12.2 Å². The summed E-state index contributed by atoms with van der Waals surface area (Å²) in [6, 6.07) is 10.8. The van der Waals surface area contributed by atoms with Gasteiger partial charge in [0.25, 0.3) is 0 Å². The molecule has 1 N–H and O–H groups in total. The van der Waals surface area contributed by atoms with Crippen molar-refractivity contribution in [2.24, 2.45) is 0 Å². The first-order chi connectivity index (χ1) is 12.0. The van der Waals surface area contributed by atoms with Gasteiger partial charge in [0.15, 0.2) is 0 Å². The van der Waals surface area contributed by atoms with Crippen LogP contribution in [0.1, 0.15) is 17.0 Å². The maximum absolute atomic E-state index is 14.0. The molecule has 0 aliphatic rings. The first-order valence-corrected chi connectivity index (χ1v) is 8.08. The molecule has 0 amide bonds. The SMILES string of the molecule is Cc1nc(Nc2ccccc2F)c(C=S)c(-c2ccc(F)cc2C)n1. The minimum Gasteiger partial charge on any atom is -0.337 e. The summed E-state index contributed by atoms with van der Waals surface area (Å²) in [6.07, 6.45) is 0. The van der Waals surface area contributed by atoms with Crippen LogP contribution in [0.25, 0.3) is 11.3 Å². The lowest BCUT2D eigenvalue weighted by Crippen LogP contribution is -2.06. The van der Waals surface area contributed by atoms with Crippen molar-refractivity contribution in [2.75, 3.05) is 5.32 Å². The number of hydrogen-bond acceptors (Lipinski definition) is 4. The normalized spacial score (nSPS) is 10.6. The van der Waals surface area contributed by atoms with Gasteiger partial charge in [0, 0.05) is 10.9 Å². The molecule has 0 aliphatic carbocycles. The number of rotatable bonds is 4. The Hall–Kier alpha value is -2.73. The van der Waals surface area contributed by atoms with Crippen LogP contribution < -0.4 is 5.32 Å². The van der Waals surface area contributed by atoms with Gasteiger partial charge in [-0.2, -0.15) is 0 Å². The Kier molecular flexibility index (Phi) is 4.81. The maximum Gasteiger partial charge on any atom is 0.146 e. The summed E-state index contributed by atoms with van der Waals surface area (Å²) < 4.78 is 27.4. The third-order valence-corrected chi connectivity index (χ3v) is 3.98. The van der Waals surface area contributed by atoms with Crippen LogP contribution in [0, 0.1) is 25.5 Å². The monoisotopic (exact) mass is 355 g/mol. The summed E-state index contributed by atoms with van der Waals surface area (Å²) in [6.45, 7) is 3.54. The highest BCUT2D eigenvalue weighted by Gasteiger charge is 2.16. The van der Waals surface area contributed by atoms with Gasteiger partial charge in [0.05, 0.1) is 16.9 Å². The molecule has 0 saturated heterocycles. The van der Waals surface area contributed by atoms with E-state index in [4.69, 9.17) is 12.2 Å². The fraction of sp³-hybridized carbons (Fsp3) is 0.105. The first-order valence-electron chi connectivity index (χ1n) is 7.61. The summed E-state index contributed by atoms with van der Waals surface area (Å²) in [4.78, 5) is 8.82. The van der Waals surface area contributed by atoms with Crippen molar-refractivity contribution >= 4 is 29.1 Å². The zero-order valence-corrected chi connectivity index (χ0v) is 14.5. The van der Waals surface area contributed by atoms with Gasteiger partial charge < -0.3 is 5.32 Å². The lowest BCUT2D eigenvalue weighted by atomic mass is 10.0. The Morgan fingerprint density at radius 3 is 2.48 bits per heavy atom. The molecular formula is C19H15F2N3S. The molecular weight excluding hydrogens is 340 g/mol. The van der Waals surface area contributed by atoms with E-state index in [-0.39, 0.29) is 5.82 Å². The summed E-state index contributed by atoms with van der Waals surface area (Å²) in [5.74, 6) is 0.193. The van der Waals surface area contributed by atoms with Crippen LogP contribution in [0.4, 0.5) is 20.3 Å². The van der Waals surface area contributed by atoms with Crippen molar-refractivity contribution < 1.29 is 8.78 Å². The Morgan fingerprint density at radius 2 is 1.80 bits per heavy atom. The van der Waals surface area contributed by atoms with Gasteiger partial charge in [-0.05, 0) is 49.7 Å². The third kappa shape index (κ3) is 3.53. The van der Waals surface area contributed by atoms with E-state index in [1.807, 2.05) is 0 Å². The third-order valence-electron chi connectivity index (χ3n) is 3.75. The zero-order valence-electron chi connectivity index (χ0n) is 13.7. The number of aromatic nitrogens is 2. The van der Waals surface area contributed by atoms with Gasteiger partial charge in [-0.3, -0.25) is 0 Å². The number of halogens is 2. The molecule has 0 saturated carbocycles. The predicted octanol–water partition coefficient (Wildman–Crippen LogP) is 5.13. The standard InChI is InChI=1S/C19H15F2N3S/c1-11-9-13(20)7-8-14(11)18-15(10-25)19(23-12(2)22-18)24-17-6-4-3-5-16(17)21/h3-10H,1-2H3,(H,22,23,24). The van der Waals surface area contributed by atoms with Gasteiger partial charge >= 0.3 is 0 Å². The highest BCUT2D eigenvalue weighted by Crippen LogP contribution is 2.30. The average molecular weight is 355 g/mol. The van der Waals surface area contributed by atoms with Gasteiger partial charge in [-0.25, -0.2) is 18.7 Å². The fourth-order valence-corrected chi connectivity index (χ4v) is 2.80. The quantitative estimate of drug-likeness (QED) is 0.659. The maximum atomic E-state index is 14.0. The Balaban J connectivity index is 2.16. The number of para-hydroxylation sites is 1. The molecule has 3 aromatic rings. The van der Waals surface area contributed by atoms with Crippen LogP contribution in [0.3, 0.4) is 0 Å². The molecule has 25 heavy (non-hydrogen) atoms. The van der Waals surface area contributed by atoms with Crippen molar-refractivity contribution in [3.8, 4) is 11.3 Å². The van der Waals surface area contributed by atoms with E-state index in [0.717, 1.165) is 11.1 Å². The second kappa shape index (κ2) is 7.03. The molecule has 2 aromatic carbocycles. The van der Waals surface area contributed by atoms with Crippen molar-refractivity contribution in [1.29, 1.82) is 0 Å². The number of hydrogen-bond donors (Lipinski definition) is 1. The van der Waals surface area contributed by atoms with Crippen LogP contribution in [0.5, 0.6) is 0 Å². The first kappa shape index (κ1) is 17.1. The molecule has 0 radical (unpaired) electrons. The van der Waals surface area contributed by atoms with E-state index in [0.29, 0.717) is 28.6 Å². The predicted molar refractivity (Wildman–Crippen MR) is 99.3 cm³/mol. The molecule has 0 spiro atoms. The molecule has 0 unspecified atom stereocenters. The number of nitrogens with one attached hydrogen (secondary N) is 1. The smallest absolute Gasteiger partial charge is 0.146 e.